The van der Waals surface area contributed by atoms with E-state index >= 15 is 0 Å². The lowest BCUT2D eigenvalue weighted by molar-refractivity contribution is 0.0949. The predicted molar refractivity (Wildman–Crippen MR) is 78.9 cm³/mol. The van der Waals surface area contributed by atoms with Crippen molar-refractivity contribution in [2.45, 2.75) is 39.5 Å². The van der Waals surface area contributed by atoms with Crippen LogP contribution in [0, 0.1) is 12.3 Å². The first kappa shape index (κ1) is 15.8. The number of carbonyl (C=O) groups excluding carboxylic acids is 1. The van der Waals surface area contributed by atoms with Crippen molar-refractivity contribution in [3.05, 3.63) is 29.3 Å². The molecule has 0 aliphatic heterocycles. The van der Waals surface area contributed by atoms with Crippen LogP contribution in [0.2, 0.25) is 0 Å². The molecule has 0 saturated heterocycles. The molecule has 0 heterocycles. The van der Waals surface area contributed by atoms with Crippen molar-refractivity contribution in [2.75, 3.05) is 6.54 Å². The van der Waals surface area contributed by atoms with E-state index in [2.05, 4.69) is 26.1 Å². The summed E-state index contributed by atoms with van der Waals surface area (Å²) in [6.07, 6.45) is 0.814. The summed E-state index contributed by atoms with van der Waals surface area (Å²) >= 11 is 6.19. The van der Waals surface area contributed by atoms with Gasteiger partial charge in [0.25, 0.3) is 5.91 Å². The molecule has 4 heteroatoms. The molecular weight excluding hydrogens is 262 g/mol. The van der Waals surface area contributed by atoms with Crippen molar-refractivity contribution >= 4 is 17.5 Å². The summed E-state index contributed by atoms with van der Waals surface area (Å²) in [5, 5.41) is 12.3. The molecule has 0 aliphatic carbocycles. The lowest BCUT2D eigenvalue weighted by atomic mass is 9.90. The normalized spacial score (nSPS) is 13.1. The lowest BCUT2D eigenvalue weighted by Crippen LogP contribution is -2.31. The number of nitrogens with one attached hydrogen (secondary N) is 1. The molecule has 106 valence electrons. The number of aryl methyl sites for hydroxylation is 1. The molecule has 0 spiro atoms. The Hall–Kier alpha value is -1.22. The minimum Gasteiger partial charge on any atom is -0.507 e. The van der Waals surface area contributed by atoms with E-state index in [1.54, 1.807) is 12.1 Å². The molecule has 19 heavy (non-hydrogen) atoms. The van der Waals surface area contributed by atoms with Crippen LogP contribution in [0.25, 0.3) is 0 Å². The Kier molecular flexibility index (Phi) is 5.24. The van der Waals surface area contributed by atoms with E-state index in [0.717, 1.165) is 12.0 Å². The van der Waals surface area contributed by atoms with Crippen LogP contribution < -0.4 is 5.32 Å². The number of rotatable bonds is 4. The Balaban J connectivity index is 2.58. The van der Waals surface area contributed by atoms with Crippen LogP contribution >= 0.6 is 11.6 Å². The number of hydrogen-bond acceptors (Lipinski definition) is 2. The molecule has 0 radical (unpaired) electrons. The topological polar surface area (TPSA) is 49.3 Å². The molecular formula is C15H22ClNO2. The minimum atomic E-state index is -0.291. The highest BCUT2D eigenvalue weighted by Gasteiger charge is 2.18. The summed E-state index contributed by atoms with van der Waals surface area (Å²) in [4.78, 5) is 12.0. The second kappa shape index (κ2) is 6.29. The molecule has 1 atom stereocenters. The van der Waals surface area contributed by atoms with Crippen molar-refractivity contribution in [3.8, 4) is 5.75 Å². The molecule has 1 amide bonds. The number of benzene rings is 1. The monoisotopic (exact) mass is 283 g/mol. The van der Waals surface area contributed by atoms with Gasteiger partial charge in [0.15, 0.2) is 0 Å². The Labute approximate surface area is 120 Å². The van der Waals surface area contributed by atoms with E-state index in [1.807, 2.05) is 6.92 Å². The Morgan fingerprint density at radius 3 is 2.63 bits per heavy atom. The van der Waals surface area contributed by atoms with E-state index in [-0.39, 0.29) is 22.4 Å². The van der Waals surface area contributed by atoms with Gasteiger partial charge in [0.1, 0.15) is 5.75 Å². The number of phenolic OH excluding ortho intramolecular Hbond substituents is 1. The SMILES string of the molecule is Cc1ccc(O)c(C(=O)NCC(Cl)CC(C)(C)C)c1. The Morgan fingerprint density at radius 1 is 1.42 bits per heavy atom. The van der Waals surface area contributed by atoms with Crippen LogP contribution in [-0.4, -0.2) is 22.9 Å². The van der Waals surface area contributed by atoms with Crippen molar-refractivity contribution in [1.82, 2.24) is 5.32 Å². The number of amides is 1. The number of halogens is 1. The highest BCUT2D eigenvalue weighted by molar-refractivity contribution is 6.21. The molecule has 1 rings (SSSR count). The van der Waals surface area contributed by atoms with Crippen molar-refractivity contribution in [1.29, 1.82) is 0 Å². The van der Waals surface area contributed by atoms with Crippen LogP contribution in [0.4, 0.5) is 0 Å². The molecule has 2 N–H and O–H groups in total. The number of phenols is 1. The molecule has 1 unspecified atom stereocenters. The summed E-state index contributed by atoms with van der Waals surface area (Å²) < 4.78 is 0. The molecule has 3 nitrogen and oxygen atoms in total. The molecule has 0 saturated carbocycles. The molecule has 0 aliphatic rings. The van der Waals surface area contributed by atoms with Gasteiger partial charge in [-0.05, 0) is 30.9 Å². The number of alkyl halides is 1. The van der Waals surface area contributed by atoms with Crippen LogP contribution in [0.3, 0.4) is 0 Å². The zero-order valence-corrected chi connectivity index (χ0v) is 12.7. The Morgan fingerprint density at radius 2 is 2.05 bits per heavy atom. The highest BCUT2D eigenvalue weighted by atomic mass is 35.5. The fourth-order valence-corrected chi connectivity index (χ4v) is 2.41. The van der Waals surface area contributed by atoms with E-state index < -0.39 is 0 Å². The molecule has 1 aromatic carbocycles. The first-order valence-corrected chi connectivity index (χ1v) is 6.84. The molecule has 0 bridgehead atoms. The molecule has 0 fully saturated rings. The van der Waals surface area contributed by atoms with E-state index in [1.165, 1.54) is 6.07 Å². The first-order chi connectivity index (χ1) is 8.69. The summed E-state index contributed by atoms with van der Waals surface area (Å²) in [6.45, 7) is 8.59. The fourth-order valence-electron chi connectivity index (χ4n) is 1.87. The predicted octanol–water partition coefficient (Wildman–Crippen LogP) is 3.47. The number of aromatic hydroxyl groups is 1. The Bertz CT molecular complexity index is 452. The summed E-state index contributed by atoms with van der Waals surface area (Å²) in [6, 6.07) is 4.95. The van der Waals surface area contributed by atoms with Gasteiger partial charge < -0.3 is 10.4 Å². The lowest BCUT2D eigenvalue weighted by Gasteiger charge is -2.22. The maximum Gasteiger partial charge on any atom is 0.255 e. The maximum absolute atomic E-state index is 12.0. The second-order valence-electron chi connectivity index (χ2n) is 6.09. The minimum absolute atomic E-state index is 0.00922. The van der Waals surface area contributed by atoms with E-state index in [9.17, 15) is 9.90 Å². The van der Waals surface area contributed by atoms with Gasteiger partial charge in [-0.2, -0.15) is 0 Å². The number of carbonyl (C=O) groups is 1. The van der Waals surface area contributed by atoms with Crippen molar-refractivity contribution in [2.24, 2.45) is 5.41 Å². The van der Waals surface area contributed by atoms with Crippen molar-refractivity contribution < 1.29 is 9.90 Å². The van der Waals surface area contributed by atoms with Gasteiger partial charge in [-0.3, -0.25) is 4.79 Å². The average Bonchev–Trinajstić information content (AvgIpc) is 2.27. The quantitative estimate of drug-likeness (QED) is 0.831. The zero-order valence-electron chi connectivity index (χ0n) is 12.0. The highest BCUT2D eigenvalue weighted by Crippen LogP contribution is 2.23. The van der Waals surface area contributed by atoms with Gasteiger partial charge in [0.05, 0.1) is 10.9 Å². The van der Waals surface area contributed by atoms with Gasteiger partial charge in [-0.25, -0.2) is 0 Å². The van der Waals surface area contributed by atoms with Crippen LogP contribution in [0.1, 0.15) is 43.1 Å². The third-order valence-electron chi connectivity index (χ3n) is 2.71. The zero-order chi connectivity index (χ0) is 14.6. The summed E-state index contributed by atoms with van der Waals surface area (Å²) in [7, 11) is 0. The third kappa shape index (κ3) is 5.52. The second-order valence-corrected chi connectivity index (χ2v) is 6.71. The van der Waals surface area contributed by atoms with Gasteiger partial charge in [-0.1, -0.05) is 32.4 Å². The smallest absolute Gasteiger partial charge is 0.255 e. The van der Waals surface area contributed by atoms with Gasteiger partial charge in [0, 0.05) is 6.54 Å². The fraction of sp³-hybridized carbons (Fsp3) is 0.533. The van der Waals surface area contributed by atoms with Crippen molar-refractivity contribution in [3.63, 3.8) is 0 Å². The van der Waals surface area contributed by atoms with Gasteiger partial charge in [0.2, 0.25) is 0 Å². The van der Waals surface area contributed by atoms with Crippen LogP contribution in [0.15, 0.2) is 18.2 Å². The van der Waals surface area contributed by atoms with E-state index in [0.29, 0.717) is 12.1 Å². The standard InChI is InChI=1S/C15H22ClNO2/c1-10-5-6-13(18)12(7-10)14(19)17-9-11(16)8-15(2,3)4/h5-7,11,18H,8-9H2,1-4H3,(H,17,19). The van der Waals surface area contributed by atoms with Crippen LogP contribution in [-0.2, 0) is 0 Å². The third-order valence-corrected chi connectivity index (χ3v) is 3.02. The van der Waals surface area contributed by atoms with E-state index in [4.69, 9.17) is 11.6 Å². The van der Waals surface area contributed by atoms with Gasteiger partial charge in [-0.15, -0.1) is 11.6 Å². The first-order valence-electron chi connectivity index (χ1n) is 6.41. The van der Waals surface area contributed by atoms with Crippen LogP contribution in [0.5, 0.6) is 5.75 Å². The molecule has 1 aromatic rings. The number of hydrogen-bond donors (Lipinski definition) is 2. The van der Waals surface area contributed by atoms with Gasteiger partial charge >= 0.3 is 0 Å². The average molecular weight is 284 g/mol. The molecule has 0 aromatic heterocycles. The summed E-state index contributed by atoms with van der Waals surface area (Å²) in [5.41, 5.74) is 1.35. The summed E-state index contributed by atoms with van der Waals surface area (Å²) in [5.74, 6) is -0.300. The maximum atomic E-state index is 12.0. The largest absolute Gasteiger partial charge is 0.507 e.